The van der Waals surface area contributed by atoms with Crippen molar-refractivity contribution in [2.45, 2.75) is 6.92 Å². The molecule has 0 amide bonds. The van der Waals surface area contributed by atoms with Crippen LogP contribution in [0.4, 0.5) is 0 Å². The second-order valence-electron chi connectivity index (χ2n) is 3.25. The van der Waals surface area contributed by atoms with E-state index in [1.54, 1.807) is 20.3 Å². The smallest absolute Gasteiger partial charge is 0.330 e. The molecule has 0 saturated heterocycles. The maximum atomic E-state index is 11.3. The molecule has 0 fully saturated rings. The number of carbonyl (C=O) groups is 1. The minimum atomic E-state index is -2.06. The Hall–Kier alpha value is -0.560. The molecule has 0 radical (unpaired) electrons. The summed E-state index contributed by atoms with van der Waals surface area (Å²) < 4.78 is 15.7. The summed E-state index contributed by atoms with van der Waals surface area (Å²) >= 11 is 0. The lowest BCUT2D eigenvalue weighted by Crippen LogP contribution is -1.98. The van der Waals surface area contributed by atoms with Crippen molar-refractivity contribution in [1.82, 2.24) is 0 Å². The third-order valence-electron chi connectivity index (χ3n) is 1.20. The summed E-state index contributed by atoms with van der Waals surface area (Å²) in [5.41, 5.74) is 0.801. The van der Waals surface area contributed by atoms with E-state index in [-0.39, 0.29) is 5.97 Å². The average Bonchev–Trinajstić information content (AvgIpc) is 1.82. The molecule has 0 heterocycles. The van der Waals surface area contributed by atoms with Gasteiger partial charge >= 0.3 is 5.97 Å². The first kappa shape index (κ1) is 11.4. The summed E-state index contributed by atoms with van der Waals surface area (Å²) in [4.78, 5) is 10.7. The predicted octanol–water partition coefficient (Wildman–Crippen LogP) is 1.73. The Kier molecular flexibility index (Phi) is 4.25. The highest BCUT2D eigenvalue weighted by Gasteiger charge is 2.08. The van der Waals surface area contributed by atoms with E-state index in [9.17, 15) is 9.36 Å². The molecule has 3 nitrogen and oxygen atoms in total. The van der Waals surface area contributed by atoms with Gasteiger partial charge in [0.05, 0.1) is 14.3 Å². The number of hydrogen-bond donors (Lipinski definition) is 0. The molecule has 0 N–H and O–H groups in total. The Morgan fingerprint density at radius 3 is 2.33 bits per heavy atom. The molecule has 0 unspecified atom stereocenters. The molecule has 0 aromatic carbocycles. The first-order chi connectivity index (χ1) is 5.35. The van der Waals surface area contributed by atoms with Gasteiger partial charge in [-0.25, -0.2) is 4.79 Å². The van der Waals surface area contributed by atoms with Gasteiger partial charge in [-0.05, 0) is 20.3 Å². The lowest BCUT2D eigenvalue weighted by Gasteiger charge is -2.05. The fourth-order valence-electron chi connectivity index (χ4n) is 0.906. The van der Waals surface area contributed by atoms with Crippen molar-refractivity contribution in [2.24, 2.45) is 0 Å². The fraction of sp³-hybridized carbons (Fsp3) is 0.625. The van der Waals surface area contributed by atoms with Gasteiger partial charge in [-0.3, -0.25) is 0 Å². The van der Waals surface area contributed by atoms with Crippen LogP contribution < -0.4 is 0 Å². The van der Waals surface area contributed by atoms with Gasteiger partial charge in [0.15, 0.2) is 0 Å². The van der Waals surface area contributed by atoms with Crippen molar-refractivity contribution in [3.8, 4) is 0 Å². The maximum Gasteiger partial charge on any atom is 0.330 e. The first-order valence-corrected chi connectivity index (χ1v) is 6.43. The Labute approximate surface area is 73.2 Å². The first-order valence-electron chi connectivity index (χ1n) is 3.64. The van der Waals surface area contributed by atoms with Gasteiger partial charge in [0.1, 0.15) is 0 Å². The number of rotatable bonds is 3. The highest BCUT2D eigenvalue weighted by molar-refractivity contribution is 7.62. The Bertz CT molecular complexity index is 237. The minimum absolute atomic E-state index is 0.388. The fourth-order valence-corrected chi connectivity index (χ4v) is 2.20. The summed E-state index contributed by atoms with van der Waals surface area (Å²) in [6, 6.07) is 0. The topological polar surface area (TPSA) is 43.4 Å². The van der Waals surface area contributed by atoms with Crippen LogP contribution in [0.1, 0.15) is 6.92 Å². The van der Waals surface area contributed by atoms with Crippen LogP contribution in [0.5, 0.6) is 0 Å². The van der Waals surface area contributed by atoms with Crippen LogP contribution in [-0.2, 0) is 14.1 Å². The van der Waals surface area contributed by atoms with Gasteiger partial charge in [-0.1, -0.05) is 5.57 Å². The number of esters is 1. The Morgan fingerprint density at radius 2 is 2.00 bits per heavy atom. The van der Waals surface area contributed by atoms with Crippen LogP contribution >= 0.6 is 7.14 Å². The van der Waals surface area contributed by atoms with Crippen molar-refractivity contribution in [1.29, 1.82) is 0 Å². The van der Waals surface area contributed by atoms with E-state index in [1.165, 1.54) is 13.2 Å². The lowest BCUT2D eigenvalue weighted by atomic mass is 10.3. The number of carbonyl (C=O) groups excluding carboxylic acids is 1. The molecule has 0 aliphatic carbocycles. The van der Waals surface area contributed by atoms with Crippen LogP contribution in [0.3, 0.4) is 0 Å². The van der Waals surface area contributed by atoms with Crippen molar-refractivity contribution < 1.29 is 14.1 Å². The molecular weight excluding hydrogens is 175 g/mol. The van der Waals surface area contributed by atoms with Crippen molar-refractivity contribution in [3.63, 3.8) is 0 Å². The quantitative estimate of drug-likeness (QED) is 0.386. The van der Waals surface area contributed by atoms with Gasteiger partial charge in [-0.15, -0.1) is 0 Å². The third kappa shape index (κ3) is 6.17. The molecule has 12 heavy (non-hydrogen) atoms. The van der Waals surface area contributed by atoms with E-state index in [2.05, 4.69) is 4.74 Å². The molecular formula is C8H15O3P. The summed E-state index contributed by atoms with van der Waals surface area (Å²) in [5, 5.41) is 0. The van der Waals surface area contributed by atoms with Crippen LogP contribution in [0.25, 0.3) is 0 Å². The molecule has 0 aromatic rings. The maximum absolute atomic E-state index is 11.3. The van der Waals surface area contributed by atoms with E-state index in [0.29, 0.717) is 6.16 Å². The standard InChI is InChI=1S/C8H15O3P/c1-7(5-8(9)11-2)6-12(3,4)10/h5H,6H2,1-4H3. The summed E-state index contributed by atoms with van der Waals surface area (Å²) in [6.07, 6.45) is 1.85. The zero-order valence-electron chi connectivity index (χ0n) is 7.96. The van der Waals surface area contributed by atoms with E-state index < -0.39 is 7.14 Å². The van der Waals surface area contributed by atoms with E-state index in [4.69, 9.17) is 0 Å². The number of hydrogen-bond acceptors (Lipinski definition) is 3. The van der Waals surface area contributed by atoms with E-state index >= 15 is 0 Å². The van der Waals surface area contributed by atoms with E-state index in [0.717, 1.165) is 5.57 Å². The molecule has 4 heteroatoms. The highest BCUT2D eigenvalue weighted by Crippen LogP contribution is 2.37. The van der Waals surface area contributed by atoms with Gasteiger partial charge < -0.3 is 9.30 Å². The molecule has 0 aliphatic rings. The third-order valence-corrected chi connectivity index (χ3v) is 2.46. The zero-order chi connectivity index (χ0) is 9.78. The van der Waals surface area contributed by atoms with Crippen molar-refractivity contribution in [2.75, 3.05) is 26.6 Å². The molecule has 70 valence electrons. The normalized spacial score (nSPS) is 12.8. The Balaban J connectivity index is 4.22. The molecule has 0 rings (SSSR count). The van der Waals surface area contributed by atoms with Crippen molar-refractivity contribution in [3.05, 3.63) is 11.6 Å². The molecule has 0 atom stereocenters. The lowest BCUT2D eigenvalue weighted by molar-refractivity contribution is -0.134. The molecule has 0 spiro atoms. The van der Waals surface area contributed by atoms with Crippen LogP contribution in [-0.4, -0.2) is 32.6 Å². The molecule has 0 bridgehead atoms. The second-order valence-corrected chi connectivity index (χ2v) is 6.71. The van der Waals surface area contributed by atoms with Gasteiger partial charge in [0.2, 0.25) is 0 Å². The predicted molar refractivity (Wildman–Crippen MR) is 50.1 cm³/mol. The number of ether oxygens (including phenoxy) is 1. The second kappa shape index (κ2) is 4.46. The van der Waals surface area contributed by atoms with Gasteiger partial charge in [-0.2, -0.15) is 0 Å². The van der Waals surface area contributed by atoms with Gasteiger partial charge in [0, 0.05) is 12.2 Å². The number of allylic oxidation sites excluding steroid dienone is 1. The van der Waals surface area contributed by atoms with Crippen LogP contribution in [0, 0.1) is 0 Å². The molecule has 0 aliphatic heterocycles. The number of methoxy groups -OCH3 is 1. The largest absolute Gasteiger partial charge is 0.466 e. The Morgan fingerprint density at radius 1 is 1.50 bits per heavy atom. The minimum Gasteiger partial charge on any atom is -0.466 e. The highest BCUT2D eigenvalue weighted by atomic mass is 31.2. The SMILES string of the molecule is COC(=O)C=C(C)CP(C)(C)=O. The molecule has 0 aromatic heterocycles. The summed E-state index contributed by atoms with van der Waals surface area (Å²) in [5.74, 6) is -0.388. The van der Waals surface area contributed by atoms with Crippen molar-refractivity contribution >= 4 is 13.1 Å². The monoisotopic (exact) mass is 190 g/mol. The molecule has 0 saturated carbocycles. The van der Waals surface area contributed by atoms with Crippen LogP contribution in [0.2, 0.25) is 0 Å². The zero-order valence-corrected chi connectivity index (χ0v) is 8.85. The summed E-state index contributed by atoms with van der Waals surface area (Å²) in [6.45, 7) is 5.17. The van der Waals surface area contributed by atoms with Gasteiger partial charge in [0.25, 0.3) is 0 Å². The summed E-state index contributed by atoms with van der Waals surface area (Å²) in [7, 11) is -0.742. The van der Waals surface area contributed by atoms with Crippen LogP contribution in [0.15, 0.2) is 11.6 Å². The average molecular weight is 190 g/mol. The van der Waals surface area contributed by atoms with E-state index in [1.807, 2.05) is 0 Å².